The molecule has 19 heavy (non-hydrogen) atoms. The number of hydrogen-bond acceptors (Lipinski definition) is 3. The molecule has 1 aromatic rings. The summed E-state index contributed by atoms with van der Waals surface area (Å²) in [6.07, 6.45) is 4.17. The van der Waals surface area contributed by atoms with Crippen molar-refractivity contribution in [3.8, 4) is 0 Å². The summed E-state index contributed by atoms with van der Waals surface area (Å²) in [5.74, 6) is 0. The van der Waals surface area contributed by atoms with Crippen molar-refractivity contribution in [2.45, 2.75) is 39.7 Å². The fourth-order valence-electron chi connectivity index (χ4n) is 3.61. The monoisotopic (exact) mass is 300 g/mol. The van der Waals surface area contributed by atoms with Gasteiger partial charge in [0.15, 0.2) is 0 Å². The predicted molar refractivity (Wildman–Crippen MR) is 85.5 cm³/mol. The molecule has 0 radical (unpaired) electrons. The van der Waals surface area contributed by atoms with Crippen molar-refractivity contribution in [2.75, 3.05) is 26.2 Å². The van der Waals surface area contributed by atoms with E-state index in [1.807, 2.05) is 11.3 Å². The molecule has 1 aromatic heterocycles. The first kappa shape index (κ1) is 15.3. The van der Waals surface area contributed by atoms with Crippen molar-refractivity contribution in [1.29, 1.82) is 0 Å². The summed E-state index contributed by atoms with van der Waals surface area (Å²) in [4.78, 5) is 5.65. The van der Waals surface area contributed by atoms with Gasteiger partial charge >= 0.3 is 0 Å². The number of halogens is 1. The van der Waals surface area contributed by atoms with Crippen LogP contribution in [0.5, 0.6) is 0 Å². The number of thiophene rings is 1. The lowest BCUT2D eigenvalue weighted by molar-refractivity contribution is 0.194. The Bertz CT molecular complexity index is 424. The van der Waals surface area contributed by atoms with Gasteiger partial charge in [-0.2, -0.15) is 0 Å². The van der Waals surface area contributed by atoms with E-state index in [1.165, 1.54) is 61.7 Å². The first-order chi connectivity index (χ1) is 8.67. The van der Waals surface area contributed by atoms with Gasteiger partial charge < -0.3 is 5.32 Å². The fraction of sp³-hybridized carbons (Fsp3) is 0.733. The second-order valence-corrected chi connectivity index (χ2v) is 7.61. The molecular formula is C15H25ClN2S. The summed E-state index contributed by atoms with van der Waals surface area (Å²) in [7, 11) is 0. The highest BCUT2D eigenvalue weighted by Gasteiger charge is 2.38. The van der Waals surface area contributed by atoms with E-state index >= 15 is 0 Å². The van der Waals surface area contributed by atoms with Crippen LogP contribution < -0.4 is 5.32 Å². The van der Waals surface area contributed by atoms with Gasteiger partial charge in [0.25, 0.3) is 0 Å². The number of piperidine rings is 1. The number of nitrogens with one attached hydrogen (secondary N) is 1. The van der Waals surface area contributed by atoms with E-state index in [1.54, 1.807) is 5.56 Å². The Labute approximate surface area is 127 Å². The normalized spacial score (nSPS) is 22.6. The smallest absolute Gasteiger partial charge is 0.0244 e. The number of nitrogens with zero attached hydrogens (tertiary/aromatic N) is 1. The minimum atomic E-state index is 0. The minimum absolute atomic E-state index is 0. The molecule has 4 heteroatoms. The molecule has 2 aliphatic rings. The molecule has 2 fully saturated rings. The highest BCUT2D eigenvalue weighted by Crippen LogP contribution is 2.39. The van der Waals surface area contributed by atoms with Gasteiger partial charge in [-0.05, 0) is 69.8 Å². The van der Waals surface area contributed by atoms with Crippen LogP contribution in [0.15, 0.2) is 6.07 Å². The second-order valence-electron chi connectivity index (χ2n) is 6.15. The molecule has 2 aliphatic heterocycles. The summed E-state index contributed by atoms with van der Waals surface area (Å²) < 4.78 is 0. The maximum Gasteiger partial charge on any atom is 0.0244 e. The molecule has 108 valence electrons. The van der Waals surface area contributed by atoms with Crippen LogP contribution in [0.4, 0.5) is 0 Å². The molecule has 2 saturated heterocycles. The summed E-state index contributed by atoms with van der Waals surface area (Å²) >= 11 is 1.94. The zero-order valence-corrected chi connectivity index (χ0v) is 13.6. The molecule has 0 atom stereocenters. The maximum atomic E-state index is 3.50. The summed E-state index contributed by atoms with van der Waals surface area (Å²) in [6.45, 7) is 10.7. The molecule has 1 spiro atoms. The van der Waals surface area contributed by atoms with E-state index in [-0.39, 0.29) is 12.4 Å². The van der Waals surface area contributed by atoms with Crippen LogP contribution in [0.1, 0.15) is 34.6 Å². The third-order valence-corrected chi connectivity index (χ3v) is 5.73. The van der Waals surface area contributed by atoms with E-state index in [2.05, 4.69) is 30.1 Å². The van der Waals surface area contributed by atoms with E-state index in [4.69, 9.17) is 0 Å². The van der Waals surface area contributed by atoms with Gasteiger partial charge in [0.1, 0.15) is 0 Å². The van der Waals surface area contributed by atoms with Crippen LogP contribution in [-0.4, -0.2) is 31.1 Å². The standard InChI is InChI=1S/C15H24N2S.ClH/c1-12-9-14(13(2)18-12)10-17-8-5-15(11-17)3-6-16-7-4-15;/h9,16H,3-8,10-11H2,1-2H3;1H. The lowest BCUT2D eigenvalue weighted by Crippen LogP contribution is -2.38. The average molecular weight is 301 g/mol. The molecule has 2 nitrogen and oxygen atoms in total. The van der Waals surface area contributed by atoms with Crippen molar-refractivity contribution in [2.24, 2.45) is 5.41 Å². The van der Waals surface area contributed by atoms with Crippen LogP contribution in [-0.2, 0) is 6.54 Å². The lowest BCUT2D eigenvalue weighted by atomic mass is 9.78. The molecule has 0 saturated carbocycles. The summed E-state index contributed by atoms with van der Waals surface area (Å²) in [6, 6.07) is 2.38. The molecule has 0 bridgehead atoms. The molecule has 0 amide bonds. The van der Waals surface area contributed by atoms with E-state index in [0.717, 1.165) is 0 Å². The van der Waals surface area contributed by atoms with Crippen molar-refractivity contribution >= 4 is 23.7 Å². The second kappa shape index (κ2) is 6.13. The zero-order valence-electron chi connectivity index (χ0n) is 12.0. The molecular weight excluding hydrogens is 276 g/mol. The van der Waals surface area contributed by atoms with Gasteiger partial charge in [-0.25, -0.2) is 0 Å². The van der Waals surface area contributed by atoms with Gasteiger partial charge in [-0.1, -0.05) is 0 Å². The van der Waals surface area contributed by atoms with Gasteiger partial charge in [-0.15, -0.1) is 23.7 Å². The Balaban J connectivity index is 0.00000133. The van der Waals surface area contributed by atoms with Gasteiger partial charge in [-0.3, -0.25) is 4.90 Å². The predicted octanol–water partition coefficient (Wildman–Crippen LogP) is 3.36. The zero-order chi connectivity index (χ0) is 12.6. The van der Waals surface area contributed by atoms with Crippen molar-refractivity contribution < 1.29 is 0 Å². The third kappa shape index (κ3) is 3.33. The van der Waals surface area contributed by atoms with Crippen LogP contribution in [0.2, 0.25) is 0 Å². The molecule has 3 rings (SSSR count). The first-order valence-corrected chi connectivity index (χ1v) is 7.98. The quantitative estimate of drug-likeness (QED) is 0.901. The van der Waals surface area contributed by atoms with E-state index < -0.39 is 0 Å². The number of hydrogen-bond donors (Lipinski definition) is 1. The summed E-state index contributed by atoms with van der Waals surface area (Å²) in [5.41, 5.74) is 2.20. The highest BCUT2D eigenvalue weighted by molar-refractivity contribution is 7.12. The Kier molecular flexibility index (Phi) is 4.93. The van der Waals surface area contributed by atoms with E-state index in [0.29, 0.717) is 5.41 Å². The topological polar surface area (TPSA) is 15.3 Å². The Morgan fingerprint density at radius 2 is 2.00 bits per heavy atom. The third-order valence-electron chi connectivity index (χ3n) is 4.72. The largest absolute Gasteiger partial charge is 0.317 e. The Morgan fingerprint density at radius 1 is 1.26 bits per heavy atom. The number of likely N-dealkylation sites (tertiary alicyclic amines) is 1. The van der Waals surface area contributed by atoms with Gasteiger partial charge in [0.2, 0.25) is 0 Å². The average Bonchev–Trinajstić information content (AvgIpc) is 2.86. The van der Waals surface area contributed by atoms with Gasteiger partial charge in [0, 0.05) is 22.8 Å². The number of rotatable bonds is 2. The highest BCUT2D eigenvalue weighted by atomic mass is 35.5. The minimum Gasteiger partial charge on any atom is -0.317 e. The Morgan fingerprint density at radius 3 is 2.63 bits per heavy atom. The van der Waals surface area contributed by atoms with Crippen molar-refractivity contribution in [3.05, 3.63) is 21.4 Å². The molecule has 1 N–H and O–H groups in total. The van der Waals surface area contributed by atoms with Crippen LogP contribution in [0, 0.1) is 19.3 Å². The van der Waals surface area contributed by atoms with E-state index in [9.17, 15) is 0 Å². The lowest BCUT2D eigenvalue weighted by Gasteiger charge is -2.33. The van der Waals surface area contributed by atoms with Crippen LogP contribution >= 0.6 is 23.7 Å². The molecule has 0 aromatic carbocycles. The first-order valence-electron chi connectivity index (χ1n) is 7.16. The molecule has 3 heterocycles. The van der Waals surface area contributed by atoms with Crippen molar-refractivity contribution in [3.63, 3.8) is 0 Å². The fourth-order valence-corrected chi connectivity index (χ4v) is 4.55. The maximum absolute atomic E-state index is 3.50. The summed E-state index contributed by atoms with van der Waals surface area (Å²) in [5, 5.41) is 3.50. The van der Waals surface area contributed by atoms with Gasteiger partial charge in [0.05, 0.1) is 0 Å². The number of aryl methyl sites for hydroxylation is 2. The van der Waals surface area contributed by atoms with Crippen LogP contribution in [0.3, 0.4) is 0 Å². The van der Waals surface area contributed by atoms with Crippen molar-refractivity contribution in [1.82, 2.24) is 10.2 Å². The molecule has 0 aliphatic carbocycles. The Hall–Kier alpha value is -0.0900. The molecule has 0 unspecified atom stereocenters. The SMILES string of the molecule is Cc1cc(CN2CCC3(CCNCC3)C2)c(C)s1.Cl. The van der Waals surface area contributed by atoms with Crippen LogP contribution in [0.25, 0.3) is 0 Å².